The molecule has 0 aliphatic heterocycles. The van der Waals surface area contributed by atoms with E-state index in [0.717, 1.165) is 16.8 Å². The van der Waals surface area contributed by atoms with E-state index >= 15 is 0 Å². The molecule has 2 heterocycles. The second kappa shape index (κ2) is 8.39. The topological polar surface area (TPSA) is 75.0 Å². The average molecular weight is 395 g/mol. The van der Waals surface area contributed by atoms with Gasteiger partial charge in [0.1, 0.15) is 5.69 Å². The van der Waals surface area contributed by atoms with Crippen molar-refractivity contribution in [1.29, 1.82) is 0 Å². The minimum Gasteiger partial charge on any atom is -0.350 e. The highest BCUT2D eigenvalue weighted by molar-refractivity contribution is 5.89. The number of fused-ring (bicyclic) bond motifs is 1. The Labute approximate surface area is 171 Å². The molecule has 0 spiro atoms. The van der Waals surface area contributed by atoms with E-state index < -0.39 is 0 Å². The molecule has 3 aromatic rings. The van der Waals surface area contributed by atoms with Gasteiger partial charge in [-0.05, 0) is 50.3 Å². The fourth-order valence-electron chi connectivity index (χ4n) is 4.30. The second-order valence-corrected chi connectivity index (χ2v) is 8.46. The Kier molecular flexibility index (Phi) is 5.69. The Morgan fingerprint density at radius 1 is 1.24 bits per heavy atom. The van der Waals surface area contributed by atoms with Crippen molar-refractivity contribution in [2.75, 3.05) is 13.6 Å². The molecule has 2 aromatic heterocycles. The number of aromatic nitrogens is 3. The molecule has 0 atom stereocenters. The molecule has 0 unspecified atom stereocenters. The summed E-state index contributed by atoms with van der Waals surface area (Å²) < 4.78 is 5.51. The molecule has 6 heteroatoms. The summed E-state index contributed by atoms with van der Waals surface area (Å²) in [5, 5.41) is 5.30. The van der Waals surface area contributed by atoms with Crippen molar-refractivity contribution >= 4 is 16.8 Å². The highest BCUT2D eigenvalue weighted by Gasteiger charge is 2.20. The molecule has 29 heavy (non-hydrogen) atoms. The first kappa shape index (κ1) is 19.7. The van der Waals surface area contributed by atoms with E-state index in [9.17, 15) is 4.79 Å². The van der Waals surface area contributed by atoms with Gasteiger partial charge in [0.2, 0.25) is 5.91 Å². The highest BCUT2D eigenvalue weighted by Crippen LogP contribution is 2.29. The summed E-state index contributed by atoms with van der Waals surface area (Å²) in [6.07, 6.45) is 7.49. The smallest absolute Gasteiger partial charge is 0.274 e. The SMILES string of the molecule is Cc1ccc2[nH]c(-c3nc(CCN(C)C(=O)CC4CCCCC4)no3)c(C)c2c1. The molecule has 4 rings (SSSR count). The van der Waals surface area contributed by atoms with Crippen LogP contribution in [0.4, 0.5) is 0 Å². The Morgan fingerprint density at radius 3 is 2.83 bits per heavy atom. The lowest BCUT2D eigenvalue weighted by atomic mass is 9.87. The predicted molar refractivity (Wildman–Crippen MR) is 114 cm³/mol. The van der Waals surface area contributed by atoms with E-state index in [4.69, 9.17) is 4.52 Å². The van der Waals surface area contributed by atoms with Crippen LogP contribution in [0.2, 0.25) is 0 Å². The van der Waals surface area contributed by atoms with Crippen LogP contribution in [0, 0.1) is 19.8 Å². The highest BCUT2D eigenvalue weighted by atomic mass is 16.5. The quantitative estimate of drug-likeness (QED) is 0.651. The summed E-state index contributed by atoms with van der Waals surface area (Å²) in [6.45, 7) is 4.76. The molecule has 0 radical (unpaired) electrons. The van der Waals surface area contributed by atoms with Gasteiger partial charge in [0.25, 0.3) is 5.89 Å². The molecule has 154 valence electrons. The number of carbonyl (C=O) groups excluding carboxylic acids is 1. The van der Waals surface area contributed by atoms with Gasteiger partial charge in [-0.1, -0.05) is 36.0 Å². The fourth-order valence-corrected chi connectivity index (χ4v) is 4.30. The molecule has 1 fully saturated rings. The van der Waals surface area contributed by atoms with Crippen LogP contribution in [0.3, 0.4) is 0 Å². The third-order valence-electron chi connectivity index (χ3n) is 6.18. The molecule has 6 nitrogen and oxygen atoms in total. The monoisotopic (exact) mass is 394 g/mol. The van der Waals surface area contributed by atoms with E-state index in [-0.39, 0.29) is 5.91 Å². The van der Waals surface area contributed by atoms with Crippen molar-refractivity contribution in [2.24, 2.45) is 5.92 Å². The number of hydrogen-bond acceptors (Lipinski definition) is 4. The van der Waals surface area contributed by atoms with Crippen LogP contribution < -0.4 is 0 Å². The van der Waals surface area contributed by atoms with Gasteiger partial charge >= 0.3 is 0 Å². The number of nitrogens with zero attached hydrogens (tertiary/aromatic N) is 3. The number of hydrogen-bond donors (Lipinski definition) is 1. The van der Waals surface area contributed by atoms with Gasteiger partial charge in [0, 0.05) is 37.3 Å². The van der Waals surface area contributed by atoms with Crippen LogP contribution in [0.5, 0.6) is 0 Å². The van der Waals surface area contributed by atoms with Gasteiger partial charge < -0.3 is 14.4 Å². The van der Waals surface area contributed by atoms with E-state index in [2.05, 4.69) is 47.2 Å². The first-order valence-corrected chi connectivity index (χ1v) is 10.7. The number of nitrogens with one attached hydrogen (secondary N) is 1. The number of aromatic amines is 1. The number of benzene rings is 1. The van der Waals surface area contributed by atoms with Gasteiger partial charge in [-0.2, -0.15) is 4.98 Å². The molecule has 1 saturated carbocycles. The summed E-state index contributed by atoms with van der Waals surface area (Å²) in [7, 11) is 1.87. The number of likely N-dealkylation sites (N-methyl/N-ethyl adjacent to an activating group) is 1. The summed E-state index contributed by atoms with van der Waals surface area (Å²) in [5.41, 5.74) is 4.26. The fraction of sp³-hybridized carbons (Fsp3) is 0.522. The number of amides is 1. The summed E-state index contributed by atoms with van der Waals surface area (Å²) in [6, 6.07) is 6.32. The van der Waals surface area contributed by atoms with Crippen molar-refractivity contribution in [3.63, 3.8) is 0 Å². The number of aryl methyl sites for hydroxylation is 2. The molecular weight excluding hydrogens is 364 g/mol. The van der Waals surface area contributed by atoms with Crippen LogP contribution in [-0.2, 0) is 11.2 Å². The van der Waals surface area contributed by atoms with Crippen molar-refractivity contribution in [2.45, 2.75) is 58.8 Å². The zero-order valence-corrected chi connectivity index (χ0v) is 17.6. The molecule has 1 aliphatic rings. The number of rotatable bonds is 6. The van der Waals surface area contributed by atoms with Gasteiger partial charge in [0.05, 0.1) is 0 Å². The van der Waals surface area contributed by atoms with Gasteiger partial charge in [-0.3, -0.25) is 4.79 Å². The summed E-state index contributed by atoms with van der Waals surface area (Å²) >= 11 is 0. The molecule has 0 saturated heterocycles. The third-order valence-corrected chi connectivity index (χ3v) is 6.18. The van der Waals surface area contributed by atoms with Gasteiger partial charge in [-0.15, -0.1) is 0 Å². The van der Waals surface area contributed by atoms with Crippen LogP contribution in [-0.4, -0.2) is 39.5 Å². The minimum absolute atomic E-state index is 0.224. The van der Waals surface area contributed by atoms with E-state index in [1.165, 1.54) is 43.1 Å². The van der Waals surface area contributed by atoms with Crippen molar-refractivity contribution in [3.8, 4) is 11.6 Å². The van der Waals surface area contributed by atoms with E-state index in [1.54, 1.807) is 0 Å². The van der Waals surface area contributed by atoms with Crippen LogP contribution in [0.1, 0.15) is 55.5 Å². The standard InChI is InChI=1S/C23H30N4O2/c1-15-9-10-19-18(13-15)16(2)22(24-19)23-25-20(26-29-23)11-12-27(3)21(28)14-17-7-5-4-6-8-17/h9-10,13,17,24H,4-8,11-12,14H2,1-3H3. The maximum Gasteiger partial charge on any atom is 0.274 e. The first-order valence-electron chi connectivity index (χ1n) is 10.7. The van der Waals surface area contributed by atoms with Crippen molar-refractivity contribution in [3.05, 3.63) is 35.2 Å². The number of H-pyrrole nitrogens is 1. The van der Waals surface area contributed by atoms with Crippen molar-refractivity contribution < 1.29 is 9.32 Å². The molecular formula is C23H30N4O2. The lowest BCUT2D eigenvalue weighted by Gasteiger charge is -2.24. The normalized spacial score (nSPS) is 15.1. The lowest BCUT2D eigenvalue weighted by molar-refractivity contribution is -0.131. The van der Waals surface area contributed by atoms with E-state index in [1.807, 2.05) is 11.9 Å². The molecule has 1 aliphatic carbocycles. The number of carbonyl (C=O) groups is 1. The Bertz CT molecular complexity index is 998. The second-order valence-electron chi connectivity index (χ2n) is 8.46. The van der Waals surface area contributed by atoms with Gasteiger partial charge in [0.15, 0.2) is 5.82 Å². The maximum atomic E-state index is 12.5. The molecule has 0 bridgehead atoms. The van der Waals surface area contributed by atoms with Crippen LogP contribution >= 0.6 is 0 Å². The molecule has 1 amide bonds. The zero-order chi connectivity index (χ0) is 20.4. The average Bonchev–Trinajstić information content (AvgIpc) is 3.31. The minimum atomic E-state index is 0.224. The molecule has 1 N–H and O–H groups in total. The maximum absolute atomic E-state index is 12.5. The summed E-state index contributed by atoms with van der Waals surface area (Å²) in [5.74, 6) is 1.92. The molecule has 1 aromatic carbocycles. The van der Waals surface area contributed by atoms with Crippen molar-refractivity contribution in [1.82, 2.24) is 20.0 Å². The Balaban J connectivity index is 1.38. The lowest BCUT2D eigenvalue weighted by Crippen LogP contribution is -2.31. The van der Waals surface area contributed by atoms with Gasteiger partial charge in [-0.25, -0.2) is 0 Å². The van der Waals surface area contributed by atoms with E-state index in [0.29, 0.717) is 37.0 Å². The van der Waals surface area contributed by atoms with Crippen LogP contribution in [0.25, 0.3) is 22.5 Å². The third kappa shape index (κ3) is 4.36. The predicted octanol–water partition coefficient (Wildman–Crippen LogP) is 4.81. The largest absolute Gasteiger partial charge is 0.350 e. The Morgan fingerprint density at radius 2 is 2.03 bits per heavy atom. The van der Waals surface area contributed by atoms with Crippen LogP contribution in [0.15, 0.2) is 22.7 Å². The first-order chi connectivity index (χ1) is 14.0. The summed E-state index contributed by atoms with van der Waals surface area (Å²) in [4.78, 5) is 22.2. The Hall–Kier alpha value is -2.63. The zero-order valence-electron chi connectivity index (χ0n) is 17.6.